The number of alkyl halides is 4. The van der Waals surface area contributed by atoms with Gasteiger partial charge >= 0.3 is 6.18 Å². The zero-order valence-electron chi connectivity index (χ0n) is 9.34. The summed E-state index contributed by atoms with van der Waals surface area (Å²) >= 11 is 3.30. The molecule has 2 rings (SSSR count). The lowest BCUT2D eigenvalue weighted by atomic mass is 9.98. The molecule has 0 nitrogen and oxygen atoms in total. The van der Waals surface area contributed by atoms with Gasteiger partial charge in [0.05, 0.1) is 5.56 Å². The van der Waals surface area contributed by atoms with Crippen LogP contribution < -0.4 is 0 Å². The van der Waals surface area contributed by atoms with Gasteiger partial charge in [0, 0.05) is 5.33 Å². The summed E-state index contributed by atoms with van der Waals surface area (Å²) in [6.07, 6.45) is -4.33. The molecule has 2 aromatic carbocycles. The molecule has 2 aromatic rings. The average Bonchev–Trinajstić information content (AvgIpc) is 2.38. The topological polar surface area (TPSA) is 0 Å². The van der Waals surface area contributed by atoms with Gasteiger partial charge in [-0.1, -0.05) is 58.4 Å². The van der Waals surface area contributed by atoms with Crippen molar-refractivity contribution in [2.45, 2.75) is 11.5 Å². The van der Waals surface area contributed by atoms with Gasteiger partial charge in [0.2, 0.25) is 0 Å². The van der Waals surface area contributed by atoms with E-state index in [0.29, 0.717) is 10.9 Å². The van der Waals surface area contributed by atoms with E-state index in [-0.39, 0.29) is 5.56 Å². The van der Waals surface area contributed by atoms with Gasteiger partial charge in [-0.3, -0.25) is 0 Å². The minimum atomic E-state index is -4.33. The van der Waals surface area contributed by atoms with Gasteiger partial charge in [-0.25, -0.2) is 0 Å². The third-order valence-electron chi connectivity index (χ3n) is 2.65. The highest BCUT2D eigenvalue weighted by Gasteiger charge is 2.33. The summed E-state index contributed by atoms with van der Waals surface area (Å²) in [7, 11) is 0. The molecule has 0 aliphatic heterocycles. The van der Waals surface area contributed by atoms with Crippen LogP contribution in [0.4, 0.5) is 13.2 Å². The smallest absolute Gasteiger partial charge is 0.166 e. The third-order valence-corrected chi connectivity index (χ3v) is 3.30. The van der Waals surface area contributed by atoms with Gasteiger partial charge < -0.3 is 0 Å². The summed E-state index contributed by atoms with van der Waals surface area (Å²) in [4.78, 5) is 0. The number of hydrogen-bond donors (Lipinski definition) is 0. The summed E-state index contributed by atoms with van der Waals surface area (Å²) in [5, 5.41) is 0.689. The zero-order valence-corrected chi connectivity index (χ0v) is 10.9. The monoisotopic (exact) mass is 314 g/mol. The average molecular weight is 315 g/mol. The Hall–Kier alpha value is -1.29. The first-order valence-electron chi connectivity index (χ1n) is 5.34. The first-order valence-corrected chi connectivity index (χ1v) is 6.46. The van der Waals surface area contributed by atoms with Crippen molar-refractivity contribution >= 4 is 15.9 Å². The van der Waals surface area contributed by atoms with Gasteiger partial charge in [0.1, 0.15) is 0 Å². The van der Waals surface area contributed by atoms with E-state index in [0.717, 1.165) is 11.6 Å². The second-order valence-electron chi connectivity index (χ2n) is 3.87. The van der Waals surface area contributed by atoms with E-state index in [1.54, 1.807) is 18.2 Å². The Kier molecular flexibility index (Phi) is 3.76. The standard InChI is InChI=1S/C14H10BrF3/c15-9-10-5-7-11(8-6-10)12-3-1-2-4-13(12)14(16,17)18/h1-8H,9H2. The van der Waals surface area contributed by atoms with Crippen molar-refractivity contribution in [1.82, 2.24) is 0 Å². The van der Waals surface area contributed by atoms with Crippen molar-refractivity contribution in [3.63, 3.8) is 0 Å². The van der Waals surface area contributed by atoms with Crippen LogP contribution in [-0.4, -0.2) is 0 Å². The molecule has 0 aliphatic rings. The Morgan fingerprint density at radius 1 is 0.889 bits per heavy atom. The molecule has 0 atom stereocenters. The summed E-state index contributed by atoms with van der Waals surface area (Å²) in [6, 6.07) is 12.7. The number of hydrogen-bond acceptors (Lipinski definition) is 0. The van der Waals surface area contributed by atoms with Crippen LogP contribution in [0, 0.1) is 0 Å². The van der Waals surface area contributed by atoms with Crippen LogP contribution in [0.3, 0.4) is 0 Å². The second kappa shape index (κ2) is 5.14. The number of halogens is 4. The van der Waals surface area contributed by atoms with Gasteiger partial charge in [-0.05, 0) is 22.8 Å². The van der Waals surface area contributed by atoms with Crippen LogP contribution in [0.5, 0.6) is 0 Å². The first kappa shape index (κ1) is 13.1. The molecule has 0 aliphatic carbocycles. The molecule has 18 heavy (non-hydrogen) atoms. The van der Waals surface area contributed by atoms with Gasteiger partial charge in [-0.2, -0.15) is 13.2 Å². The van der Waals surface area contributed by atoms with Crippen molar-refractivity contribution < 1.29 is 13.2 Å². The van der Waals surface area contributed by atoms with E-state index >= 15 is 0 Å². The van der Waals surface area contributed by atoms with E-state index in [1.807, 2.05) is 12.1 Å². The molecule has 0 aromatic heterocycles. The second-order valence-corrected chi connectivity index (χ2v) is 4.43. The van der Waals surface area contributed by atoms with Crippen LogP contribution in [0.25, 0.3) is 11.1 Å². The molecule has 0 heterocycles. The molecule has 0 amide bonds. The maximum atomic E-state index is 12.9. The Labute approximate surface area is 112 Å². The van der Waals surface area contributed by atoms with Crippen molar-refractivity contribution in [1.29, 1.82) is 0 Å². The highest BCUT2D eigenvalue weighted by Crippen LogP contribution is 2.36. The minimum Gasteiger partial charge on any atom is -0.166 e. The summed E-state index contributed by atoms with van der Waals surface area (Å²) in [5.74, 6) is 0. The molecule has 0 bridgehead atoms. The zero-order chi connectivity index (χ0) is 13.2. The van der Waals surface area contributed by atoms with E-state index in [4.69, 9.17) is 0 Å². The quantitative estimate of drug-likeness (QED) is 0.663. The lowest BCUT2D eigenvalue weighted by Crippen LogP contribution is -2.06. The maximum Gasteiger partial charge on any atom is 0.417 e. The predicted octanol–water partition coefficient (Wildman–Crippen LogP) is 5.27. The van der Waals surface area contributed by atoms with E-state index in [1.165, 1.54) is 12.1 Å². The fourth-order valence-corrected chi connectivity index (χ4v) is 2.13. The Morgan fingerprint density at radius 2 is 1.50 bits per heavy atom. The van der Waals surface area contributed by atoms with Gasteiger partial charge in [-0.15, -0.1) is 0 Å². The third kappa shape index (κ3) is 2.75. The molecule has 0 saturated carbocycles. The lowest BCUT2D eigenvalue weighted by Gasteiger charge is -2.12. The molecule has 0 N–H and O–H groups in total. The molecule has 0 spiro atoms. The highest BCUT2D eigenvalue weighted by molar-refractivity contribution is 9.08. The number of rotatable bonds is 2. The fraction of sp³-hybridized carbons (Fsp3) is 0.143. The SMILES string of the molecule is FC(F)(F)c1ccccc1-c1ccc(CBr)cc1. The largest absolute Gasteiger partial charge is 0.417 e. The Bertz CT molecular complexity index is 529. The van der Waals surface area contributed by atoms with E-state index in [9.17, 15) is 13.2 Å². The molecular formula is C14H10BrF3. The molecule has 4 heteroatoms. The summed E-state index contributed by atoms with van der Waals surface area (Å²) < 4.78 is 38.6. The van der Waals surface area contributed by atoms with Crippen LogP contribution in [0.2, 0.25) is 0 Å². The van der Waals surface area contributed by atoms with Gasteiger partial charge in [0.15, 0.2) is 0 Å². The van der Waals surface area contributed by atoms with Crippen molar-refractivity contribution in [2.75, 3.05) is 0 Å². The number of benzene rings is 2. The van der Waals surface area contributed by atoms with Crippen molar-refractivity contribution in [3.05, 3.63) is 59.7 Å². The van der Waals surface area contributed by atoms with Crippen LogP contribution in [-0.2, 0) is 11.5 Å². The van der Waals surface area contributed by atoms with Crippen molar-refractivity contribution in [2.24, 2.45) is 0 Å². The Balaban J connectivity index is 2.50. The molecule has 0 radical (unpaired) electrons. The van der Waals surface area contributed by atoms with Crippen LogP contribution in [0.15, 0.2) is 48.5 Å². The lowest BCUT2D eigenvalue weighted by molar-refractivity contribution is -0.137. The minimum absolute atomic E-state index is 0.214. The van der Waals surface area contributed by atoms with Gasteiger partial charge in [0.25, 0.3) is 0 Å². The van der Waals surface area contributed by atoms with E-state index < -0.39 is 11.7 Å². The normalized spacial score (nSPS) is 11.6. The summed E-state index contributed by atoms with van der Waals surface area (Å²) in [5.41, 5.74) is 1.22. The summed E-state index contributed by atoms with van der Waals surface area (Å²) in [6.45, 7) is 0. The van der Waals surface area contributed by atoms with E-state index in [2.05, 4.69) is 15.9 Å². The fourth-order valence-electron chi connectivity index (χ4n) is 1.76. The molecule has 0 fully saturated rings. The molecule has 0 saturated heterocycles. The maximum absolute atomic E-state index is 12.9. The van der Waals surface area contributed by atoms with Crippen molar-refractivity contribution in [3.8, 4) is 11.1 Å². The predicted molar refractivity (Wildman–Crippen MR) is 69.5 cm³/mol. The van der Waals surface area contributed by atoms with Crippen LogP contribution in [0.1, 0.15) is 11.1 Å². The molecular weight excluding hydrogens is 305 g/mol. The molecule has 94 valence electrons. The molecule has 0 unspecified atom stereocenters. The van der Waals surface area contributed by atoms with Crippen LogP contribution >= 0.6 is 15.9 Å². The highest BCUT2D eigenvalue weighted by atomic mass is 79.9. The first-order chi connectivity index (χ1) is 8.52. The Morgan fingerprint density at radius 3 is 2.06 bits per heavy atom.